The number of benzene rings is 2. The van der Waals surface area contributed by atoms with E-state index in [0.717, 1.165) is 16.1 Å². The molecule has 0 amide bonds. The van der Waals surface area contributed by atoms with E-state index in [-0.39, 0.29) is 5.57 Å². The summed E-state index contributed by atoms with van der Waals surface area (Å²) in [5, 5.41) is 10.5. The largest absolute Gasteiger partial charge is 0.454 e. The second kappa shape index (κ2) is 8.79. The third-order valence-corrected chi connectivity index (χ3v) is 5.42. The summed E-state index contributed by atoms with van der Waals surface area (Å²) in [6.45, 7) is -0.504. The number of thioether (sulfide) groups is 1. The monoisotopic (exact) mass is 410 g/mol. The maximum atomic E-state index is 12.4. The van der Waals surface area contributed by atoms with Crippen LogP contribution in [0.4, 0.5) is 5.69 Å². The van der Waals surface area contributed by atoms with Crippen LogP contribution in [0.3, 0.4) is 0 Å². The van der Waals surface area contributed by atoms with Gasteiger partial charge in [-0.25, -0.2) is 4.79 Å². The molecular weight excluding hydrogens is 396 g/mol. The minimum absolute atomic E-state index is 0.0321. The third-order valence-electron chi connectivity index (χ3n) is 3.95. The summed E-state index contributed by atoms with van der Waals surface area (Å²) in [5.74, 6) is -1.22. The zero-order chi connectivity index (χ0) is 20.1. The number of nitrogens with zero attached hydrogens (tertiary/aromatic N) is 2. The predicted molar refractivity (Wildman–Crippen MR) is 110 cm³/mol. The topological polar surface area (TPSA) is 70.4 Å². The molecule has 2 aromatic carbocycles. The number of esters is 1. The molecule has 0 atom stereocenters. The lowest BCUT2D eigenvalue weighted by Gasteiger charge is -2.14. The summed E-state index contributed by atoms with van der Waals surface area (Å²) in [6, 6.07) is 16.5. The lowest BCUT2D eigenvalue weighted by molar-refractivity contribution is -0.141. The van der Waals surface area contributed by atoms with E-state index in [4.69, 9.17) is 16.3 Å². The van der Waals surface area contributed by atoms with Crippen molar-refractivity contribution in [1.82, 2.24) is 0 Å². The molecule has 0 saturated carbocycles. The van der Waals surface area contributed by atoms with E-state index in [9.17, 15) is 14.9 Å². The summed E-state index contributed by atoms with van der Waals surface area (Å²) >= 11 is 7.23. The Balaban J connectivity index is 1.65. The molecule has 2 aromatic rings. The van der Waals surface area contributed by atoms with Gasteiger partial charge in [-0.3, -0.25) is 4.79 Å². The van der Waals surface area contributed by atoms with Crippen molar-refractivity contribution in [2.75, 3.05) is 18.6 Å². The number of para-hydroxylation sites is 1. The van der Waals surface area contributed by atoms with Gasteiger partial charge in [0.15, 0.2) is 6.61 Å². The fourth-order valence-corrected chi connectivity index (χ4v) is 3.94. The molecular formula is C21H15ClN2O3S. The molecule has 1 aliphatic rings. The van der Waals surface area contributed by atoms with E-state index in [1.807, 2.05) is 30.3 Å². The van der Waals surface area contributed by atoms with Gasteiger partial charge < -0.3 is 9.64 Å². The van der Waals surface area contributed by atoms with E-state index in [1.54, 1.807) is 42.3 Å². The Morgan fingerprint density at radius 1 is 1.25 bits per heavy atom. The van der Waals surface area contributed by atoms with Crippen molar-refractivity contribution in [2.45, 2.75) is 4.90 Å². The normalized spacial score (nSPS) is 14.5. The quantitative estimate of drug-likeness (QED) is 0.412. The fourth-order valence-electron chi connectivity index (χ4n) is 2.58. The van der Waals surface area contributed by atoms with Crippen LogP contribution < -0.4 is 4.90 Å². The van der Waals surface area contributed by atoms with E-state index in [0.29, 0.717) is 10.1 Å². The number of fused-ring (bicyclic) bond motifs is 1. The smallest absolute Gasteiger partial charge is 0.331 e. The third kappa shape index (κ3) is 4.45. The second-order valence-corrected chi connectivity index (χ2v) is 7.31. The van der Waals surface area contributed by atoms with Crippen molar-refractivity contribution >= 4 is 46.9 Å². The molecule has 0 aromatic heterocycles. The maximum absolute atomic E-state index is 12.4. The van der Waals surface area contributed by atoms with Gasteiger partial charge in [0, 0.05) is 23.0 Å². The van der Waals surface area contributed by atoms with Crippen LogP contribution in [0.5, 0.6) is 0 Å². The van der Waals surface area contributed by atoms with E-state index in [2.05, 4.69) is 0 Å². The molecule has 0 N–H and O–H groups in total. The molecule has 140 valence electrons. The van der Waals surface area contributed by atoms with Crippen LogP contribution in [0.15, 0.2) is 70.1 Å². The van der Waals surface area contributed by atoms with Crippen molar-refractivity contribution in [2.24, 2.45) is 0 Å². The minimum atomic E-state index is -0.675. The summed E-state index contributed by atoms with van der Waals surface area (Å²) in [6.07, 6.45) is 2.75. The highest BCUT2D eigenvalue weighted by Gasteiger charge is 2.28. The summed E-state index contributed by atoms with van der Waals surface area (Å²) in [7, 11) is 1.79. The number of halogens is 1. The van der Waals surface area contributed by atoms with Crippen LogP contribution in [-0.2, 0) is 14.3 Å². The van der Waals surface area contributed by atoms with Crippen LogP contribution in [0.1, 0.15) is 5.56 Å². The van der Waals surface area contributed by atoms with Crippen LogP contribution in [0.2, 0.25) is 5.02 Å². The number of nitriles is 1. The molecule has 3 rings (SSSR count). The predicted octanol–water partition coefficient (Wildman–Crippen LogP) is 4.44. The Hall–Kier alpha value is -3.01. The molecule has 1 aliphatic heterocycles. The highest BCUT2D eigenvalue weighted by molar-refractivity contribution is 8.03. The number of ketones is 1. The molecule has 0 saturated heterocycles. The van der Waals surface area contributed by atoms with Gasteiger partial charge in [0.1, 0.15) is 16.7 Å². The molecule has 0 aliphatic carbocycles. The number of anilines is 1. The van der Waals surface area contributed by atoms with E-state index < -0.39 is 18.4 Å². The number of ether oxygens (including phenoxy) is 1. The first-order valence-electron chi connectivity index (χ1n) is 8.28. The van der Waals surface area contributed by atoms with Gasteiger partial charge in [-0.1, -0.05) is 47.6 Å². The van der Waals surface area contributed by atoms with Gasteiger partial charge in [0.2, 0.25) is 5.78 Å². The lowest BCUT2D eigenvalue weighted by atomic mass is 10.2. The molecule has 1 heterocycles. The van der Waals surface area contributed by atoms with Gasteiger partial charge in [-0.2, -0.15) is 5.26 Å². The Bertz CT molecular complexity index is 1040. The van der Waals surface area contributed by atoms with Crippen LogP contribution >= 0.6 is 23.4 Å². The van der Waals surface area contributed by atoms with Crippen molar-refractivity contribution in [3.05, 3.63) is 75.8 Å². The first kappa shape index (κ1) is 19.7. The average Bonchev–Trinajstić information content (AvgIpc) is 3.02. The van der Waals surface area contributed by atoms with Crippen LogP contribution in [0.25, 0.3) is 6.08 Å². The first-order valence-corrected chi connectivity index (χ1v) is 9.47. The zero-order valence-electron chi connectivity index (χ0n) is 14.9. The van der Waals surface area contributed by atoms with Crippen molar-refractivity contribution in [3.8, 4) is 6.07 Å². The van der Waals surface area contributed by atoms with E-state index in [1.165, 1.54) is 17.8 Å². The standard InChI is InChI=1S/C21H15ClN2O3S/c1-24-17-7-2-3-8-19(17)28-21(24)16(12-23)18(25)13-27-20(26)10-9-14-5-4-6-15(22)11-14/h2-11H,13H2,1H3/b10-9+,21-16-. The molecule has 7 heteroatoms. The number of rotatable bonds is 5. The number of hydrogen-bond donors (Lipinski definition) is 0. The maximum Gasteiger partial charge on any atom is 0.331 e. The summed E-state index contributed by atoms with van der Waals surface area (Å²) in [4.78, 5) is 27.1. The van der Waals surface area contributed by atoms with E-state index >= 15 is 0 Å². The fraction of sp³-hybridized carbons (Fsp3) is 0.0952. The Morgan fingerprint density at radius 2 is 2.04 bits per heavy atom. The van der Waals surface area contributed by atoms with Gasteiger partial charge in [-0.05, 0) is 35.9 Å². The zero-order valence-corrected chi connectivity index (χ0v) is 16.5. The number of hydrogen-bond acceptors (Lipinski definition) is 6. The molecule has 5 nitrogen and oxygen atoms in total. The number of Topliss-reactive ketones (excluding diaryl/α,β-unsaturated/α-hetero) is 1. The van der Waals surface area contributed by atoms with Gasteiger partial charge in [0.25, 0.3) is 0 Å². The van der Waals surface area contributed by atoms with Crippen LogP contribution in [0, 0.1) is 11.3 Å². The van der Waals surface area contributed by atoms with Gasteiger partial charge in [0.05, 0.1) is 5.69 Å². The molecule has 28 heavy (non-hydrogen) atoms. The molecule has 0 fully saturated rings. The first-order chi connectivity index (χ1) is 13.5. The SMILES string of the molecule is CN1/C(=C(\C#N)C(=O)COC(=O)/C=C/c2cccc(Cl)c2)Sc2ccccc21. The molecule has 0 spiro atoms. The summed E-state index contributed by atoms with van der Waals surface area (Å²) < 4.78 is 4.99. The lowest BCUT2D eigenvalue weighted by Crippen LogP contribution is -2.19. The van der Waals surface area contributed by atoms with Crippen molar-refractivity contribution < 1.29 is 14.3 Å². The van der Waals surface area contributed by atoms with Crippen molar-refractivity contribution in [3.63, 3.8) is 0 Å². The summed E-state index contributed by atoms with van der Waals surface area (Å²) in [5.41, 5.74) is 1.62. The Kier molecular flexibility index (Phi) is 6.19. The van der Waals surface area contributed by atoms with Crippen molar-refractivity contribution in [1.29, 1.82) is 5.26 Å². The van der Waals surface area contributed by atoms with Gasteiger partial charge in [-0.15, -0.1) is 0 Å². The van der Waals surface area contributed by atoms with Gasteiger partial charge >= 0.3 is 5.97 Å². The highest BCUT2D eigenvalue weighted by atomic mass is 35.5. The number of carbonyl (C=O) groups excluding carboxylic acids is 2. The second-order valence-electron chi connectivity index (χ2n) is 5.84. The Morgan fingerprint density at radius 3 is 2.75 bits per heavy atom. The Labute approximate surface area is 171 Å². The van der Waals surface area contributed by atoms with Crippen LogP contribution in [-0.4, -0.2) is 25.4 Å². The number of carbonyl (C=O) groups is 2. The molecule has 0 radical (unpaired) electrons. The molecule has 0 unspecified atom stereocenters. The minimum Gasteiger partial charge on any atom is -0.454 e. The molecule has 0 bridgehead atoms. The highest BCUT2D eigenvalue weighted by Crippen LogP contribution is 2.46. The average molecular weight is 411 g/mol.